The molecule has 7 heteroatoms. The number of carbonyl (C=O) groups excluding carboxylic acids is 1. The Kier molecular flexibility index (Phi) is 4.61. The lowest BCUT2D eigenvalue weighted by Crippen LogP contribution is -2.40. The quantitative estimate of drug-likeness (QED) is 0.554. The highest BCUT2D eigenvalue weighted by molar-refractivity contribution is 5.97. The number of carbonyl (C=O) groups is 1. The van der Waals surface area contributed by atoms with Gasteiger partial charge in [0, 0.05) is 5.56 Å². The number of ether oxygens (including phenoxy) is 2. The summed E-state index contributed by atoms with van der Waals surface area (Å²) < 4.78 is 16.9. The van der Waals surface area contributed by atoms with Gasteiger partial charge in [-0.15, -0.1) is 0 Å². The fourth-order valence-electron chi connectivity index (χ4n) is 3.18. The first-order valence-corrected chi connectivity index (χ1v) is 9.46. The summed E-state index contributed by atoms with van der Waals surface area (Å²) in [5, 5.41) is 6.94. The van der Waals surface area contributed by atoms with E-state index < -0.39 is 6.10 Å². The van der Waals surface area contributed by atoms with Crippen LogP contribution in [0, 0.1) is 0 Å². The third-order valence-electron chi connectivity index (χ3n) is 4.67. The Balaban J connectivity index is 1.37. The van der Waals surface area contributed by atoms with Gasteiger partial charge in [-0.25, -0.2) is 0 Å². The first kappa shape index (κ1) is 17.9. The molecular weight excluding hydrogens is 382 g/mol. The third-order valence-corrected chi connectivity index (χ3v) is 4.67. The number of anilines is 1. The zero-order chi connectivity index (χ0) is 20.3. The van der Waals surface area contributed by atoms with Crippen LogP contribution in [0.3, 0.4) is 0 Å². The number of nitrogens with one attached hydrogen (secondary N) is 1. The molecule has 0 unspecified atom stereocenters. The van der Waals surface area contributed by atoms with Crippen LogP contribution < -0.4 is 14.8 Å². The first-order chi connectivity index (χ1) is 14.8. The fraction of sp³-hybridized carbons (Fsp3) is 0.0870. The molecule has 1 amide bonds. The Morgan fingerprint density at radius 2 is 1.63 bits per heavy atom. The number of hydrogen-bond acceptors (Lipinski definition) is 6. The molecule has 4 aromatic rings. The molecule has 0 fully saturated rings. The predicted molar refractivity (Wildman–Crippen MR) is 110 cm³/mol. The van der Waals surface area contributed by atoms with Crippen molar-refractivity contribution in [2.24, 2.45) is 0 Å². The molecule has 0 spiro atoms. The van der Waals surface area contributed by atoms with E-state index in [9.17, 15) is 4.79 Å². The van der Waals surface area contributed by atoms with Crippen LogP contribution in [-0.4, -0.2) is 28.8 Å². The highest BCUT2D eigenvalue weighted by Gasteiger charge is 2.28. The van der Waals surface area contributed by atoms with Gasteiger partial charge in [-0.3, -0.25) is 4.79 Å². The largest absolute Gasteiger partial charge is 0.485 e. The van der Waals surface area contributed by atoms with E-state index in [1.165, 1.54) is 0 Å². The number of para-hydroxylation sites is 3. The smallest absolute Gasteiger partial charge is 0.269 e. The van der Waals surface area contributed by atoms with E-state index in [4.69, 9.17) is 14.0 Å². The number of rotatable bonds is 4. The lowest BCUT2D eigenvalue weighted by atomic mass is 10.1. The number of aromatic nitrogens is 2. The average Bonchev–Trinajstić information content (AvgIpc) is 3.30. The van der Waals surface area contributed by atoms with Crippen molar-refractivity contribution < 1.29 is 18.8 Å². The van der Waals surface area contributed by atoms with E-state index in [1.54, 1.807) is 18.2 Å². The number of fused-ring (bicyclic) bond motifs is 1. The third kappa shape index (κ3) is 3.48. The lowest BCUT2D eigenvalue weighted by Gasteiger charge is -2.25. The van der Waals surface area contributed by atoms with Crippen LogP contribution in [0.1, 0.15) is 0 Å². The van der Waals surface area contributed by atoms with E-state index in [2.05, 4.69) is 15.5 Å². The SMILES string of the molecule is O=C(Nc1ccccc1-c1nc(-c2ccccc2)no1)[C@@H]1COc2ccccc2O1. The molecule has 3 aromatic carbocycles. The van der Waals surface area contributed by atoms with Crippen molar-refractivity contribution in [3.05, 3.63) is 78.9 Å². The van der Waals surface area contributed by atoms with Crippen LogP contribution in [0.5, 0.6) is 11.5 Å². The van der Waals surface area contributed by atoms with E-state index in [-0.39, 0.29) is 12.5 Å². The average molecular weight is 399 g/mol. The highest BCUT2D eigenvalue weighted by Crippen LogP contribution is 2.32. The number of benzene rings is 3. The maximum atomic E-state index is 12.8. The van der Waals surface area contributed by atoms with Crippen molar-refractivity contribution in [3.8, 4) is 34.3 Å². The summed E-state index contributed by atoms with van der Waals surface area (Å²) in [5.41, 5.74) is 2.02. The van der Waals surface area contributed by atoms with Gasteiger partial charge in [-0.1, -0.05) is 59.8 Å². The Labute approximate surface area is 172 Å². The zero-order valence-corrected chi connectivity index (χ0v) is 15.8. The molecule has 0 saturated heterocycles. The van der Waals surface area contributed by atoms with Gasteiger partial charge in [-0.2, -0.15) is 4.98 Å². The second kappa shape index (κ2) is 7.71. The number of amides is 1. The molecule has 1 aliphatic heterocycles. The molecule has 0 saturated carbocycles. The molecule has 0 radical (unpaired) electrons. The van der Waals surface area contributed by atoms with Crippen LogP contribution in [-0.2, 0) is 4.79 Å². The van der Waals surface area contributed by atoms with Crippen LogP contribution in [0.4, 0.5) is 5.69 Å². The molecule has 0 aliphatic carbocycles. The van der Waals surface area contributed by atoms with Crippen LogP contribution in [0.2, 0.25) is 0 Å². The van der Waals surface area contributed by atoms with Gasteiger partial charge >= 0.3 is 0 Å². The van der Waals surface area contributed by atoms with Gasteiger partial charge in [0.1, 0.15) is 6.61 Å². The molecule has 1 N–H and O–H groups in total. The van der Waals surface area contributed by atoms with Crippen molar-refractivity contribution >= 4 is 11.6 Å². The van der Waals surface area contributed by atoms with Crippen LogP contribution >= 0.6 is 0 Å². The minimum atomic E-state index is -0.768. The maximum Gasteiger partial charge on any atom is 0.269 e. The Morgan fingerprint density at radius 3 is 2.50 bits per heavy atom. The van der Waals surface area contributed by atoms with E-state index in [1.807, 2.05) is 60.7 Å². The number of nitrogens with zero attached hydrogens (tertiary/aromatic N) is 2. The van der Waals surface area contributed by atoms with Gasteiger partial charge in [0.15, 0.2) is 11.5 Å². The van der Waals surface area contributed by atoms with Gasteiger partial charge in [-0.05, 0) is 24.3 Å². The topological polar surface area (TPSA) is 86.5 Å². The summed E-state index contributed by atoms with van der Waals surface area (Å²) in [4.78, 5) is 17.3. The molecule has 7 nitrogen and oxygen atoms in total. The molecular formula is C23H17N3O4. The van der Waals surface area contributed by atoms with Crippen LogP contribution in [0.15, 0.2) is 83.4 Å². The predicted octanol–water partition coefficient (Wildman–Crippen LogP) is 4.18. The van der Waals surface area contributed by atoms with Crippen molar-refractivity contribution in [2.45, 2.75) is 6.10 Å². The van der Waals surface area contributed by atoms with Crippen LogP contribution in [0.25, 0.3) is 22.8 Å². The molecule has 1 aromatic heterocycles. The van der Waals surface area contributed by atoms with Crippen molar-refractivity contribution in [2.75, 3.05) is 11.9 Å². The standard InChI is InChI=1S/C23H17N3O4/c27-22(20-14-28-18-12-6-7-13-19(18)29-20)24-17-11-5-4-10-16(17)23-25-21(26-30-23)15-8-2-1-3-9-15/h1-13,20H,14H2,(H,24,27)/t20-/m0/s1. The van der Waals surface area contributed by atoms with Gasteiger partial charge < -0.3 is 19.3 Å². The molecule has 1 aliphatic rings. The lowest BCUT2D eigenvalue weighted by molar-refractivity contribution is -0.125. The normalized spacial score (nSPS) is 14.9. The molecule has 30 heavy (non-hydrogen) atoms. The monoisotopic (exact) mass is 399 g/mol. The Bertz CT molecular complexity index is 1190. The van der Waals surface area contributed by atoms with Gasteiger partial charge in [0.2, 0.25) is 11.9 Å². The summed E-state index contributed by atoms with van der Waals surface area (Å²) in [5.74, 6) is 1.64. The summed E-state index contributed by atoms with van der Waals surface area (Å²) in [6, 6.07) is 24.0. The highest BCUT2D eigenvalue weighted by atomic mass is 16.6. The van der Waals surface area contributed by atoms with Crippen molar-refractivity contribution in [1.82, 2.24) is 10.1 Å². The second-order valence-electron chi connectivity index (χ2n) is 6.69. The number of hydrogen-bond donors (Lipinski definition) is 1. The fourth-order valence-corrected chi connectivity index (χ4v) is 3.18. The van der Waals surface area contributed by atoms with Crippen molar-refractivity contribution in [1.29, 1.82) is 0 Å². The van der Waals surface area contributed by atoms with Crippen molar-refractivity contribution in [3.63, 3.8) is 0 Å². The molecule has 2 heterocycles. The van der Waals surface area contributed by atoms with E-state index >= 15 is 0 Å². The molecule has 0 bridgehead atoms. The second-order valence-corrected chi connectivity index (χ2v) is 6.69. The zero-order valence-electron chi connectivity index (χ0n) is 15.8. The van der Waals surface area contributed by atoms with E-state index in [0.29, 0.717) is 34.5 Å². The first-order valence-electron chi connectivity index (χ1n) is 9.46. The Morgan fingerprint density at radius 1 is 0.900 bits per heavy atom. The summed E-state index contributed by atoms with van der Waals surface area (Å²) in [6.45, 7) is 0.129. The minimum Gasteiger partial charge on any atom is -0.485 e. The summed E-state index contributed by atoms with van der Waals surface area (Å²) >= 11 is 0. The molecule has 5 rings (SSSR count). The summed E-state index contributed by atoms with van der Waals surface area (Å²) in [6.07, 6.45) is -0.768. The minimum absolute atomic E-state index is 0.129. The summed E-state index contributed by atoms with van der Waals surface area (Å²) in [7, 11) is 0. The molecule has 1 atom stereocenters. The van der Waals surface area contributed by atoms with Gasteiger partial charge in [0.05, 0.1) is 11.3 Å². The Hall–Kier alpha value is -4.13. The molecule has 148 valence electrons. The van der Waals surface area contributed by atoms with Gasteiger partial charge in [0.25, 0.3) is 11.8 Å². The maximum absolute atomic E-state index is 12.8. The van der Waals surface area contributed by atoms with E-state index in [0.717, 1.165) is 5.56 Å².